The Bertz CT molecular complexity index is 650. The van der Waals surface area contributed by atoms with Gasteiger partial charge < -0.3 is 4.98 Å². The second-order valence-corrected chi connectivity index (χ2v) is 4.80. The molecule has 0 fully saturated rings. The number of hydrogen-bond acceptors (Lipinski definition) is 0. The first-order valence-corrected chi connectivity index (χ1v) is 6.44. The van der Waals surface area contributed by atoms with Gasteiger partial charge in [0, 0.05) is 17.1 Å². The van der Waals surface area contributed by atoms with Crippen LogP contribution in [0.2, 0.25) is 0 Å². The number of H-pyrrole nitrogens is 1. The molecule has 1 nitrogen and oxygen atoms in total. The van der Waals surface area contributed by atoms with Crippen molar-refractivity contribution >= 4 is 10.9 Å². The van der Waals surface area contributed by atoms with E-state index in [4.69, 9.17) is 0 Å². The normalized spacial score (nSPS) is 10.9. The summed E-state index contributed by atoms with van der Waals surface area (Å²) in [7, 11) is 0. The van der Waals surface area contributed by atoms with Gasteiger partial charge in [-0.1, -0.05) is 48.5 Å². The van der Waals surface area contributed by atoms with Crippen LogP contribution < -0.4 is 0 Å². The van der Waals surface area contributed by atoms with E-state index < -0.39 is 0 Å². The third-order valence-electron chi connectivity index (χ3n) is 3.53. The number of aryl methyl sites for hydroxylation is 3. The summed E-state index contributed by atoms with van der Waals surface area (Å²) in [6.07, 6.45) is 4.27. The molecular weight excluding hydrogens is 218 g/mol. The molecule has 0 unspecified atom stereocenters. The molecule has 1 heteroatoms. The quantitative estimate of drug-likeness (QED) is 0.698. The van der Waals surface area contributed by atoms with E-state index in [-0.39, 0.29) is 0 Å². The van der Waals surface area contributed by atoms with Crippen molar-refractivity contribution in [2.75, 3.05) is 0 Å². The third-order valence-corrected chi connectivity index (χ3v) is 3.53. The molecule has 0 amide bonds. The average Bonchev–Trinajstić information content (AvgIpc) is 2.80. The third kappa shape index (κ3) is 2.04. The minimum absolute atomic E-state index is 1.08. The Balaban J connectivity index is 1.87. The smallest absolute Gasteiger partial charge is 0.0489 e. The number of benzene rings is 2. The standard InChI is InChI=1S/C17H17N/c1-13-12-18-17-15(8-5-9-16(13)17)11-10-14-6-3-2-4-7-14/h2-9,12,18H,10-11H2,1H3. The molecule has 3 aromatic rings. The molecule has 0 aliphatic carbocycles. The first-order valence-electron chi connectivity index (χ1n) is 6.44. The maximum Gasteiger partial charge on any atom is 0.0489 e. The van der Waals surface area contributed by atoms with Gasteiger partial charge >= 0.3 is 0 Å². The SMILES string of the molecule is Cc1c[nH]c2c(CCc3ccccc3)cccc12. The Labute approximate surface area is 107 Å². The van der Waals surface area contributed by atoms with Crippen molar-refractivity contribution in [2.45, 2.75) is 19.8 Å². The van der Waals surface area contributed by atoms with Gasteiger partial charge in [0.05, 0.1) is 0 Å². The van der Waals surface area contributed by atoms with Crippen molar-refractivity contribution in [3.63, 3.8) is 0 Å². The van der Waals surface area contributed by atoms with Gasteiger partial charge in [0.2, 0.25) is 0 Å². The first-order chi connectivity index (χ1) is 8.84. The molecule has 2 aromatic carbocycles. The lowest BCUT2D eigenvalue weighted by atomic mass is 10.0. The Morgan fingerprint density at radius 3 is 2.56 bits per heavy atom. The van der Waals surface area contributed by atoms with Crippen LogP contribution >= 0.6 is 0 Å². The molecule has 18 heavy (non-hydrogen) atoms. The van der Waals surface area contributed by atoms with Crippen molar-refractivity contribution in [1.29, 1.82) is 0 Å². The lowest BCUT2D eigenvalue weighted by molar-refractivity contribution is 0.966. The topological polar surface area (TPSA) is 15.8 Å². The lowest BCUT2D eigenvalue weighted by Crippen LogP contribution is -1.92. The van der Waals surface area contributed by atoms with Gasteiger partial charge in [-0.3, -0.25) is 0 Å². The second-order valence-electron chi connectivity index (χ2n) is 4.80. The van der Waals surface area contributed by atoms with E-state index in [1.165, 1.54) is 27.6 Å². The van der Waals surface area contributed by atoms with Crippen molar-refractivity contribution in [3.8, 4) is 0 Å². The zero-order chi connectivity index (χ0) is 12.4. The summed E-state index contributed by atoms with van der Waals surface area (Å²) in [5.41, 5.74) is 5.43. The Kier molecular flexibility index (Phi) is 2.89. The van der Waals surface area contributed by atoms with E-state index in [2.05, 4.69) is 66.6 Å². The molecule has 0 bridgehead atoms. The predicted molar refractivity (Wildman–Crippen MR) is 76.9 cm³/mol. The van der Waals surface area contributed by atoms with Gasteiger partial charge in [0.25, 0.3) is 0 Å². The van der Waals surface area contributed by atoms with Crippen molar-refractivity contribution in [3.05, 3.63) is 71.4 Å². The Hall–Kier alpha value is -2.02. The van der Waals surface area contributed by atoms with Gasteiger partial charge in [-0.05, 0) is 36.5 Å². The molecule has 90 valence electrons. The van der Waals surface area contributed by atoms with Crippen LogP contribution in [0.25, 0.3) is 10.9 Å². The minimum Gasteiger partial charge on any atom is -0.361 e. The maximum atomic E-state index is 3.39. The van der Waals surface area contributed by atoms with E-state index in [1.807, 2.05) is 0 Å². The molecule has 1 heterocycles. The number of rotatable bonds is 3. The molecular formula is C17H17N. The summed E-state index contributed by atoms with van der Waals surface area (Å²) < 4.78 is 0. The van der Waals surface area contributed by atoms with Crippen LogP contribution in [-0.4, -0.2) is 4.98 Å². The molecule has 0 saturated carbocycles. The zero-order valence-corrected chi connectivity index (χ0v) is 10.6. The molecule has 0 atom stereocenters. The lowest BCUT2D eigenvalue weighted by Gasteiger charge is -2.04. The Morgan fingerprint density at radius 1 is 0.889 bits per heavy atom. The van der Waals surface area contributed by atoms with E-state index in [0.29, 0.717) is 0 Å². The fourth-order valence-corrected chi connectivity index (χ4v) is 2.49. The number of para-hydroxylation sites is 1. The van der Waals surface area contributed by atoms with Crippen LogP contribution in [0.3, 0.4) is 0 Å². The zero-order valence-electron chi connectivity index (χ0n) is 10.6. The number of aromatic amines is 1. The molecule has 1 aromatic heterocycles. The minimum atomic E-state index is 1.08. The first kappa shape index (κ1) is 11.1. The fourth-order valence-electron chi connectivity index (χ4n) is 2.49. The van der Waals surface area contributed by atoms with E-state index in [1.54, 1.807) is 0 Å². The van der Waals surface area contributed by atoms with Crippen LogP contribution in [0, 0.1) is 6.92 Å². The second kappa shape index (κ2) is 4.69. The number of nitrogens with one attached hydrogen (secondary N) is 1. The highest BCUT2D eigenvalue weighted by Crippen LogP contribution is 2.22. The van der Waals surface area contributed by atoms with Crippen molar-refractivity contribution < 1.29 is 0 Å². The summed E-state index contributed by atoms with van der Waals surface area (Å²) >= 11 is 0. The summed E-state index contributed by atoms with van der Waals surface area (Å²) in [6.45, 7) is 2.15. The highest BCUT2D eigenvalue weighted by molar-refractivity contribution is 5.85. The molecule has 0 saturated heterocycles. The largest absolute Gasteiger partial charge is 0.361 e. The maximum absolute atomic E-state index is 3.39. The highest BCUT2D eigenvalue weighted by atomic mass is 14.7. The highest BCUT2D eigenvalue weighted by Gasteiger charge is 2.04. The summed E-state index contributed by atoms with van der Waals surface area (Å²) in [4.78, 5) is 3.39. The van der Waals surface area contributed by atoms with E-state index >= 15 is 0 Å². The van der Waals surface area contributed by atoms with Crippen LogP contribution in [0.5, 0.6) is 0 Å². The molecule has 0 spiro atoms. The molecule has 0 radical (unpaired) electrons. The summed E-state index contributed by atoms with van der Waals surface area (Å²) in [5, 5.41) is 1.35. The number of hydrogen-bond donors (Lipinski definition) is 1. The van der Waals surface area contributed by atoms with Crippen LogP contribution in [0.15, 0.2) is 54.7 Å². The van der Waals surface area contributed by atoms with Gasteiger partial charge in [-0.15, -0.1) is 0 Å². The summed E-state index contributed by atoms with van der Waals surface area (Å²) in [6, 6.07) is 17.2. The molecule has 1 N–H and O–H groups in total. The van der Waals surface area contributed by atoms with Crippen LogP contribution in [0.1, 0.15) is 16.7 Å². The predicted octanol–water partition coefficient (Wildman–Crippen LogP) is 4.26. The monoisotopic (exact) mass is 235 g/mol. The molecule has 0 aliphatic heterocycles. The van der Waals surface area contributed by atoms with Crippen molar-refractivity contribution in [2.24, 2.45) is 0 Å². The average molecular weight is 235 g/mol. The number of aromatic nitrogens is 1. The number of fused-ring (bicyclic) bond motifs is 1. The molecule has 0 aliphatic rings. The van der Waals surface area contributed by atoms with E-state index in [9.17, 15) is 0 Å². The van der Waals surface area contributed by atoms with Gasteiger partial charge in [-0.25, -0.2) is 0 Å². The van der Waals surface area contributed by atoms with Crippen LogP contribution in [0.4, 0.5) is 0 Å². The van der Waals surface area contributed by atoms with Gasteiger partial charge in [0.15, 0.2) is 0 Å². The van der Waals surface area contributed by atoms with Crippen LogP contribution in [-0.2, 0) is 12.8 Å². The van der Waals surface area contributed by atoms with E-state index in [0.717, 1.165) is 12.8 Å². The Morgan fingerprint density at radius 2 is 1.72 bits per heavy atom. The fraction of sp³-hybridized carbons (Fsp3) is 0.176. The molecule has 3 rings (SSSR count). The summed E-state index contributed by atoms with van der Waals surface area (Å²) in [5.74, 6) is 0. The van der Waals surface area contributed by atoms with Crippen molar-refractivity contribution in [1.82, 2.24) is 4.98 Å². The van der Waals surface area contributed by atoms with Gasteiger partial charge in [0.1, 0.15) is 0 Å². The van der Waals surface area contributed by atoms with Gasteiger partial charge in [-0.2, -0.15) is 0 Å².